The Kier molecular flexibility index (Phi) is 4.39. The highest BCUT2D eigenvalue weighted by molar-refractivity contribution is 6.30. The van der Waals surface area contributed by atoms with Crippen molar-refractivity contribution in [2.75, 3.05) is 0 Å². The Labute approximate surface area is 104 Å². The predicted octanol–water partition coefficient (Wildman–Crippen LogP) is 2.58. The van der Waals surface area contributed by atoms with E-state index in [2.05, 4.69) is 4.99 Å². The van der Waals surface area contributed by atoms with Crippen molar-refractivity contribution in [2.45, 2.75) is 13.0 Å². The number of aliphatic imine (C=N–C) groups is 1. The SMILES string of the molecule is CC(=NC(C#N)C(=N)C#N)c1ccc(Cl)cc1. The van der Waals surface area contributed by atoms with Gasteiger partial charge in [0, 0.05) is 10.7 Å². The maximum absolute atomic E-state index is 8.80. The fourth-order valence-corrected chi connectivity index (χ4v) is 1.30. The minimum atomic E-state index is -1.05. The Balaban J connectivity index is 3.00. The first-order valence-corrected chi connectivity index (χ1v) is 5.14. The molecule has 0 amide bonds. The third kappa shape index (κ3) is 3.41. The summed E-state index contributed by atoms with van der Waals surface area (Å²) in [4.78, 5) is 4.03. The molecule has 0 aliphatic carbocycles. The van der Waals surface area contributed by atoms with Crippen LogP contribution in [0.15, 0.2) is 29.3 Å². The van der Waals surface area contributed by atoms with Gasteiger partial charge in [-0.2, -0.15) is 10.5 Å². The quantitative estimate of drug-likeness (QED) is 0.829. The topological polar surface area (TPSA) is 83.8 Å². The molecule has 0 saturated carbocycles. The molecule has 0 aliphatic rings. The number of hydrogen-bond donors (Lipinski definition) is 1. The Morgan fingerprint density at radius 1 is 1.35 bits per heavy atom. The third-order valence-electron chi connectivity index (χ3n) is 2.10. The molecule has 0 spiro atoms. The lowest BCUT2D eigenvalue weighted by Gasteiger charge is -2.03. The third-order valence-corrected chi connectivity index (χ3v) is 2.35. The molecule has 0 heterocycles. The largest absolute Gasteiger partial charge is 0.291 e. The van der Waals surface area contributed by atoms with Gasteiger partial charge < -0.3 is 0 Å². The van der Waals surface area contributed by atoms with E-state index in [4.69, 9.17) is 27.5 Å². The fraction of sp³-hybridized carbons (Fsp3) is 0.167. The van der Waals surface area contributed by atoms with Gasteiger partial charge in [0.15, 0.2) is 6.04 Å². The zero-order valence-corrected chi connectivity index (χ0v) is 9.86. The summed E-state index contributed by atoms with van der Waals surface area (Å²) in [6.07, 6.45) is 0. The smallest absolute Gasteiger partial charge is 0.187 e. The van der Waals surface area contributed by atoms with Crippen molar-refractivity contribution < 1.29 is 0 Å². The van der Waals surface area contributed by atoms with E-state index in [0.717, 1.165) is 5.56 Å². The molecule has 1 atom stereocenters. The van der Waals surface area contributed by atoms with Crippen molar-refractivity contribution >= 4 is 23.0 Å². The molecule has 1 unspecified atom stereocenters. The first-order chi connectivity index (χ1) is 8.08. The molecular weight excluding hydrogens is 236 g/mol. The number of benzene rings is 1. The minimum absolute atomic E-state index is 0.360. The molecule has 0 aromatic heterocycles. The van der Waals surface area contributed by atoms with Crippen LogP contribution >= 0.6 is 11.6 Å². The minimum Gasteiger partial charge on any atom is -0.291 e. The monoisotopic (exact) mass is 244 g/mol. The summed E-state index contributed by atoms with van der Waals surface area (Å²) in [5, 5.41) is 25.2. The first kappa shape index (κ1) is 12.9. The number of rotatable bonds is 3. The van der Waals surface area contributed by atoms with E-state index < -0.39 is 6.04 Å². The highest BCUT2D eigenvalue weighted by Gasteiger charge is 2.12. The summed E-state index contributed by atoms with van der Waals surface area (Å²) in [7, 11) is 0. The maximum Gasteiger partial charge on any atom is 0.187 e. The van der Waals surface area contributed by atoms with Gasteiger partial charge in [-0.25, -0.2) is 0 Å². The summed E-state index contributed by atoms with van der Waals surface area (Å²) in [5.74, 6) is 0. The van der Waals surface area contributed by atoms with E-state index >= 15 is 0 Å². The molecule has 0 bridgehead atoms. The molecule has 0 fully saturated rings. The van der Waals surface area contributed by atoms with Crippen molar-refractivity contribution in [3.05, 3.63) is 34.9 Å². The first-order valence-electron chi connectivity index (χ1n) is 4.77. The van der Waals surface area contributed by atoms with Crippen LogP contribution < -0.4 is 0 Å². The Hall–Kier alpha value is -2.17. The van der Waals surface area contributed by atoms with Crippen LogP contribution in [-0.4, -0.2) is 17.5 Å². The Morgan fingerprint density at radius 2 is 1.94 bits per heavy atom. The summed E-state index contributed by atoms with van der Waals surface area (Å²) in [5.41, 5.74) is 1.04. The van der Waals surface area contributed by atoms with Gasteiger partial charge in [-0.05, 0) is 24.6 Å². The van der Waals surface area contributed by atoms with Crippen molar-refractivity contribution in [1.29, 1.82) is 15.9 Å². The zero-order valence-electron chi connectivity index (χ0n) is 9.11. The van der Waals surface area contributed by atoms with Crippen molar-refractivity contribution in [3.63, 3.8) is 0 Å². The van der Waals surface area contributed by atoms with Crippen LogP contribution in [0.25, 0.3) is 0 Å². The van der Waals surface area contributed by atoms with Gasteiger partial charge in [0.2, 0.25) is 0 Å². The molecule has 1 aromatic carbocycles. The van der Waals surface area contributed by atoms with E-state index in [-0.39, 0.29) is 5.71 Å². The molecule has 4 nitrogen and oxygen atoms in total. The number of nitrogens with one attached hydrogen (secondary N) is 1. The second-order valence-corrected chi connectivity index (χ2v) is 3.71. The number of nitrogens with zero attached hydrogens (tertiary/aromatic N) is 3. The molecule has 17 heavy (non-hydrogen) atoms. The van der Waals surface area contributed by atoms with Gasteiger partial charge in [-0.3, -0.25) is 10.4 Å². The Bertz CT molecular complexity index is 531. The molecule has 0 aliphatic heterocycles. The van der Waals surface area contributed by atoms with Crippen LogP contribution in [0.1, 0.15) is 12.5 Å². The Morgan fingerprint density at radius 3 is 2.41 bits per heavy atom. The maximum atomic E-state index is 8.80. The van der Waals surface area contributed by atoms with Gasteiger partial charge in [-0.1, -0.05) is 23.7 Å². The van der Waals surface area contributed by atoms with E-state index in [0.29, 0.717) is 10.7 Å². The van der Waals surface area contributed by atoms with E-state index in [9.17, 15) is 0 Å². The highest BCUT2D eigenvalue weighted by atomic mass is 35.5. The predicted molar refractivity (Wildman–Crippen MR) is 66.4 cm³/mol. The summed E-state index contributed by atoms with van der Waals surface area (Å²) in [6.45, 7) is 1.72. The second-order valence-electron chi connectivity index (χ2n) is 3.28. The average molecular weight is 245 g/mol. The van der Waals surface area contributed by atoms with Gasteiger partial charge in [0.25, 0.3) is 0 Å². The van der Waals surface area contributed by atoms with Crippen molar-refractivity contribution in [1.82, 2.24) is 0 Å². The standard InChI is InChI=1S/C12H9ClN4/c1-8(9-2-4-10(13)5-3-9)17-12(7-15)11(16)6-14/h2-5,12,16H,1H3. The molecule has 0 radical (unpaired) electrons. The second kappa shape index (κ2) is 5.79. The van der Waals surface area contributed by atoms with Crippen LogP contribution in [0.4, 0.5) is 0 Å². The summed E-state index contributed by atoms with van der Waals surface area (Å²) in [6, 6.07) is 9.34. The normalized spacial score (nSPS) is 12.4. The average Bonchev–Trinajstić information content (AvgIpc) is 2.35. The van der Waals surface area contributed by atoms with E-state index in [1.54, 1.807) is 43.3 Å². The number of hydrogen-bond acceptors (Lipinski definition) is 4. The van der Waals surface area contributed by atoms with E-state index in [1.807, 2.05) is 0 Å². The number of nitriles is 2. The van der Waals surface area contributed by atoms with Gasteiger partial charge in [0.1, 0.15) is 11.8 Å². The van der Waals surface area contributed by atoms with Crippen LogP contribution in [0.2, 0.25) is 5.02 Å². The molecule has 0 saturated heterocycles. The lowest BCUT2D eigenvalue weighted by Crippen LogP contribution is -2.15. The van der Waals surface area contributed by atoms with E-state index in [1.165, 1.54) is 0 Å². The van der Waals surface area contributed by atoms with Gasteiger partial charge in [-0.15, -0.1) is 0 Å². The fourth-order valence-electron chi connectivity index (χ4n) is 1.18. The molecular formula is C12H9ClN4. The lowest BCUT2D eigenvalue weighted by molar-refractivity contribution is 1.08. The zero-order chi connectivity index (χ0) is 12.8. The van der Waals surface area contributed by atoms with Gasteiger partial charge >= 0.3 is 0 Å². The molecule has 1 N–H and O–H groups in total. The van der Waals surface area contributed by atoms with Crippen LogP contribution in [0.3, 0.4) is 0 Å². The van der Waals surface area contributed by atoms with Crippen molar-refractivity contribution in [3.8, 4) is 12.1 Å². The molecule has 1 aromatic rings. The van der Waals surface area contributed by atoms with Crippen LogP contribution in [-0.2, 0) is 0 Å². The van der Waals surface area contributed by atoms with Gasteiger partial charge in [0.05, 0.1) is 6.07 Å². The molecule has 1 rings (SSSR count). The summed E-state index contributed by atoms with van der Waals surface area (Å²) >= 11 is 5.75. The lowest BCUT2D eigenvalue weighted by atomic mass is 10.1. The van der Waals surface area contributed by atoms with Crippen molar-refractivity contribution in [2.24, 2.45) is 4.99 Å². The summed E-state index contributed by atoms with van der Waals surface area (Å²) < 4.78 is 0. The van der Waals surface area contributed by atoms with Crippen LogP contribution in [0, 0.1) is 28.1 Å². The van der Waals surface area contributed by atoms with Crippen LogP contribution in [0.5, 0.6) is 0 Å². The molecule has 5 heteroatoms. The highest BCUT2D eigenvalue weighted by Crippen LogP contribution is 2.11. The number of halogens is 1. The molecule has 84 valence electrons.